The quantitative estimate of drug-likeness (QED) is 0.794. The smallest absolute Gasteiger partial charge is 0.272 e. The van der Waals surface area contributed by atoms with Crippen LogP contribution in [0.1, 0.15) is 36.6 Å². The summed E-state index contributed by atoms with van der Waals surface area (Å²) in [5.41, 5.74) is 2.19. The third kappa shape index (κ3) is 2.75. The summed E-state index contributed by atoms with van der Waals surface area (Å²) in [6.07, 6.45) is 4.99. The molecule has 0 bridgehead atoms. The van der Waals surface area contributed by atoms with Crippen LogP contribution in [0, 0.1) is 0 Å². The Morgan fingerprint density at radius 1 is 1.38 bits per heavy atom. The highest BCUT2D eigenvalue weighted by Gasteiger charge is 2.29. The number of H-pyrrole nitrogens is 1. The van der Waals surface area contributed by atoms with Gasteiger partial charge >= 0.3 is 0 Å². The Labute approximate surface area is 142 Å². The number of hydrogen-bond donors (Lipinski definition) is 1. The van der Waals surface area contributed by atoms with E-state index in [1.54, 1.807) is 29.7 Å². The highest BCUT2D eigenvalue weighted by molar-refractivity contribution is 7.08. The molecule has 0 unspecified atom stereocenters. The molecule has 1 fully saturated rings. The van der Waals surface area contributed by atoms with Crippen molar-refractivity contribution in [3.8, 4) is 0 Å². The molecule has 1 saturated heterocycles. The van der Waals surface area contributed by atoms with Crippen molar-refractivity contribution in [3.05, 3.63) is 56.8 Å². The summed E-state index contributed by atoms with van der Waals surface area (Å²) in [5, 5.41) is 6.84. The maximum atomic E-state index is 12.8. The van der Waals surface area contributed by atoms with Gasteiger partial charge in [0.15, 0.2) is 5.65 Å². The number of rotatable bonds is 3. The van der Waals surface area contributed by atoms with Crippen molar-refractivity contribution in [1.82, 2.24) is 19.5 Å². The average molecular weight is 342 g/mol. The van der Waals surface area contributed by atoms with Gasteiger partial charge in [-0.3, -0.25) is 14.7 Å². The van der Waals surface area contributed by atoms with Gasteiger partial charge in [-0.1, -0.05) is 0 Å². The zero-order valence-electron chi connectivity index (χ0n) is 13.1. The zero-order chi connectivity index (χ0) is 16.5. The van der Waals surface area contributed by atoms with Gasteiger partial charge < -0.3 is 4.90 Å². The molecular weight excluding hydrogens is 324 g/mol. The number of likely N-dealkylation sites (tertiary alicyclic amines) is 1. The lowest BCUT2D eigenvalue weighted by Gasteiger charge is -2.35. The second-order valence-electron chi connectivity index (χ2n) is 6.08. The first-order valence-corrected chi connectivity index (χ1v) is 9.04. The third-order valence-electron chi connectivity index (χ3n) is 4.50. The number of carbonyl (C=O) groups excluding carboxylic acids is 1. The van der Waals surface area contributed by atoms with Gasteiger partial charge in [0, 0.05) is 24.9 Å². The SMILES string of the molecule is O=C(Cc1ccsc1)N1CCCC[C@@H]1c1cc(=O)n2[nH]ccc2n1. The summed E-state index contributed by atoms with van der Waals surface area (Å²) in [6, 6.07) is 5.19. The second kappa shape index (κ2) is 6.24. The lowest BCUT2D eigenvalue weighted by Crippen LogP contribution is -2.40. The fraction of sp³-hybridized carbons (Fsp3) is 0.353. The van der Waals surface area contributed by atoms with E-state index < -0.39 is 0 Å². The maximum Gasteiger partial charge on any atom is 0.272 e. The molecule has 6 nitrogen and oxygen atoms in total. The van der Waals surface area contributed by atoms with E-state index in [1.165, 1.54) is 4.52 Å². The summed E-state index contributed by atoms with van der Waals surface area (Å²) in [6.45, 7) is 0.724. The van der Waals surface area contributed by atoms with E-state index in [0.29, 0.717) is 17.8 Å². The number of hydrogen-bond acceptors (Lipinski definition) is 4. The number of fused-ring (bicyclic) bond motifs is 1. The first-order valence-electron chi connectivity index (χ1n) is 8.10. The van der Waals surface area contributed by atoms with Crippen molar-refractivity contribution in [1.29, 1.82) is 0 Å². The molecule has 0 aromatic carbocycles. The van der Waals surface area contributed by atoms with Crippen molar-refractivity contribution in [3.63, 3.8) is 0 Å². The van der Waals surface area contributed by atoms with Gasteiger partial charge in [-0.2, -0.15) is 11.3 Å². The van der Waals surface area contributed by atoms with Crippen LogP contribution in [0.25, 0.3) is 5.65 Å². The number of carbonyl (C=O) groups is 1. The van der Waals surface area contributed by atoms with E-state index >= 15 is 0 Å². The zero-order valence-corrected chi connectivity index (χ0v) is 14.0. The number of amides is 1. The molecule has 124 valence electrons. The van der Waals surface area contributed by atoms with Gasteiger partial charge in [-0.05, 0) is 41.7 Å². The van der Waals surface area contributed by atoms with Gasteiger partial charge in [0.2, 0.25) is 5.91 Å². The van der Waals surface area contributed by atoms with Crippen LogP contribution in [0.2, 0.25) is 0 Å². The first-order chi connectivity index (χ1) is 11.7. The van der Waals surface area contributed by atoms with Gasteiger partial charge in [0.05, 0.1) is 18.2 Å². The van der Waals surface area contributed by atoms with Crippen LogP contribution in [0.15, 0.2) is 40.0 Å². The van der Waals surface area contributed by atoms with Crippen LogP contribution in [0.4, 0.5) is 0 Å². The Bertz CT molecular complexity index is 912. The highest BCUT2D eigenvalue weighted by Crippen LogP contribution is 2.30. The van der Waals surface area contributed by atoms with Crippen LogP contribution in [-0.4, -0.2) is 31.9 Å². The van der Waals surface area contributed by atoms with E-state index in [2.05, 4.69) is 10.1 Å². The Balaban J connectivity index is 1.65. The standard InChI is InChI=1S/C17H18N4O2S/c22-16(9-12-5-8-24-11-12)20-7-2-1-3-14(20)13-10-17(23)21-15(19-13)4-6-18-21/h4-6,8,10-11,14,18H,1-3,7,9H2/t14-/m1/s1. The van der Waals surface area contributed by atoms with Crippen LogP contribution in [-0.2, 0) is 11.2 Å². The monoisotopic (exact) mass is 342 g/mol. The number of aromatic amines is 1. The Morgan fingerprint density at radius 2 is 2.29 bits per heavy atom. The Hall–Kier alpha value is -2.41. The summed E-state index contributed by atoms with van der Waals surface area (Å²) in [5.74, 6) is 0.106. The largest absolute Gasteiger partial charge is 0.334 e. The minimum Gasteiger partial charge on any atom is -0.334 e. The van der Waals surface area contributed by atoms with Crippen molar-refractivity contribution in [2.75, 3.05) is 6.54 Å². The number of thiophene rings is 1. The summed E-state index contributed by atoms with van der Waals surface area (Å²) in [4.78, 5) is 31.5. The summed E-state index contributed by atoms with van der Waals surface area (Å²) >= 11 is 1.60. The van der Waals surface area contributed by atoms with Gasteiger partial charge in [-0.15, -0.1) is 0 Å². The minimum absolute atomic E-state index is 0.106. The van der Waals surface area contributed by atoms with Gasteiger partial charge in [-0.25, -0.2) is 9.50 Å². The van der Waals surface area contributed by atoms with Gasteiger partial charge in [0.25, 0.3) is 5.56 Å². The molecular formula is C17H18N4O2S. The topological polar surface area (TPSA) is 70.5 Å². The molecule has 0 spiro atoms. The van der Waals surface area contributed by atoms with Crippen molar-refractivity contribution >= 4 is 22.9 Å². The number of nitrogens with zero attached hydrogens (tertiary/aromatic N) is 3. The minimum atomic E-state index is -0.143. The van der Waals surface area contributed by atoms with Crippen LogP contribution in [0.3, 0.4) is 0 Å². The normalized spacial score (nSPS) is 18.2. The molecule has 1 atom stereocenters. The first kappa shape index (κ1) is 15.1. The molecule has 0 aliphatic carbocycles. The maximum absolute atomic E-state index is 12.8. The van der Waals surface area contributed by atoms with E-state index in [4.69, 9.17) is 0 Å². The van der Waals surface area contributed by atoms with Crippen LogP contribution < -0.4 is 5.56 Å². The number of piperidine rings is 1. The molecule has 3 aromatic rings. The molecule has 1 N–H and O–H groups in total. The third-order valence-corrected chi connectivity index (χ3v) is 5.23. The lowest BCUT2D eigenvalue weighted by atomic mass is 9.98. The fourth-order valence-corrected chi connectivity index (χ4v) is 3.99. The summed E-state index contributed by atoms with van der Waals surface area (Å²) in [7, 11) is 0. The Morgan fingerprint density at radius 3 is 3.12 bits per heavy atom. The number of nitrogens with one attached hydrogen (secondary N) is 1. The van der Waals surface area contributed by atoms with E-state index in [-0.39, 0.29) is 17.5 Å². The summed E-state index contributed by atoms with van der Waals surface area (Å²) < 4.78 is 1.41. The Kier molecular flexibility index (Phi) is 3.93. The lowest BCUT2D eigenvalue weighted by molar-refractivity contribution is -0.134. The molecule has 4 heterocycles. The van der Waals surface area contributed by atoms with Crippen molar-refractivity contribution in [2.45, 2.75) is 31.7 Å². The predicted molar refractivity (Wildman–Crippen MR) is 92.1 cm³/mol. The molecule has 3 aromatic heterocycles. The highest BCUT2D eigenvalue weighted by atomic mass is 32.1. The molecule has 0 saturated carbocycles. The van der Waals surface area contributed by atoms with Crippen molar-refractivity contribution < 1.29 is 4.79 Å². The number of aromatic nitrogens is 3. The predicted octanol–water partition coefficient (Wildman–Crippen LogP) is 2.38. The van der Waals surface area contributed by atoms with Gasteiger partial charge in [0.1, 0.15) is 0 Å². The van der Waals surface area contributed by atoms with E-state index in [0.717, 1.165) is 31.4 Å². The second-order valence-corrected chi connectivity index (χ2v) is 6.86. The van der Waals surface area contributed by atoms with E-state index in [1.807, 2.05) is 21.7 Å². The van der Waals surface area contributed by atoms with Crippen LogP contribution >= 0.6 is 11.3 Å². The van der Waals surface area contributed by atoms with Crippen molar-refractivity contribution in [2.24, 2.45) is 0 Å². The molecule has 4 rings (SSSR count). The van der Waals surface area contributed by atoms with Crippen LogP contribution in [0.5, 0.6) is 0 Å². The molecule has 1 amide bonds. The molecule has 1 aliphatic heterocycles. The average Bonchev–Trinajstić information content (AvgIpc) is 3.26. The molecule has 7 heteroatoms. The molecule has 24 heavy (non-hydrogen) atoms. The molecule has 0 radical (unpaired) electrons. The fourth-order valence-electron chi connectivity index (χ4n) is 3.32. The van der Waals surface area contributed by atoms with E-state index in [9.17, 15) is 9.59 Å². The molecule has 1 aliphatic rings.